The molecule has 0 fully saturated rings. The lowest BCUT2D eigenvalue weighted by Gasteiger charge is -2.07. The second-order valence-electron chi connectivity index (χ2n) is 4.80. The van der Waals surface area contributed by atoms with Crippen LogP contribution in [-0.2, 0) is 0 Å². The van der Waals surface area contributed by atoms with E-state index in [1.807, 2.05) is 24.3 Å². The predicted molar refractivity (Wildman–Crippen MR) is 81.0 cm³/mol. The highest BCUT2D eigenvalue weighted by Crippen LogP contribution is 2.28. The van der Waals surface area contributed by atoms with Crippen molar-refractivity contribution in [2.24, 2.45) is 0 Å². The van der Waals surface area contributed by atoms with Crippen LogP contribution in [0.25, 0.3) is 21.9 Å². The molecule has 0 atom stereocenters. The van der Waals surface area contributed by atoms with Gasteiger partial charge < -0.3 is 5.73 Å². The molecule has 0 aliphatic rings. The van der Waals surface area contributed by atoms with E-state index in [1.54, 1.807) is 0 Å². The fourth-order valence-electron chi connectivity index (χ4n) is 2.36. The molecule has 0 radical (unpaired) electrons. The largest absolute Gasteiger partial charge is 0.383 e. The van der Waals surface area contributed by atoms with E-state index in [9.17, 15) is 0 Å². The number of nitriles is 1. The van der Waals surface area contributed by atoms with Gasteiger partial charge in [-0.3, -0.25) is 0 Å². The van der Waals surface area contributed by atoms with Crippen molar-refractivity contribution < 1.29 is 0 Å². The summed E-state index contributed by atoms with van der Waals surface area (Å²) in [7, 11) is 0. The number of pyridine rings is 1. The summed E-state index contributed by atoms with van der Waals surface area (Å²) >= 11 is 0. The molecule has 20 heavy (non-hydrogen) atoms. The van der Waals surface area contributed by atoms with Crippen molar-refractivity contribution in [1.82, 2.24) is 4.98 Å². The smallest absolute Gasteiger partial charge is 0.131 e. The fraction of sp³-hybridized carbons (Fsp3) is 0.0588. The van der Waals surface area contributed by atoms with Gasteiger partial charge in [0.05, 0.1) is 5.56 Å². The molecular weight excluding hydrogens is 246 g/mol. The van der Waals surface area contributed by atoms with Gasteiger partial charge in [0.2, 0.25) is 0 Å². The minimum atomic E-state index is 0.452. The van der Waals surface area contributed by atoms with Crippen LogP contribution in [0.2, 0.25) is 0 Å². The third kappa shape index (κ3) is 1.98. The number of fused-ring (bicyclic) bond motifs is 1. The number of nitrogen functional groups attached to an aromatic ring is 1. The molecule has 3 heteroatoms. The molecule has 0 amide bonds. The van der Waals surface area contributed by atoms with Crippen LogP contribution in [0.15, 0.2) is 48.7 Å². The first-order valence-corrected chi connectivity index (χ1v) is 6.34. The average Bonchev–Trinajstić information content (AvgIpc) is 2.47. The maximum atomic E-state index is 9.12. The number of aryl methyl sites for hydroxylation is 1. The molecule has 2 aromatic carbocycles. The van der Waals surface area contributed by atoms with E-state index >= 15 is 0 Å². The highest BCUT2D eigenvalue weighted by Gasteiger charge is 2.07. The first-order chi connectivity index (χ1) is 9.69. The Hall–Kier alpha value is -2.86. The first kappa shape index (κ1) is 12.2. The number of benzene rings is 2. The first-order valence-electron chi connectivity index (χ1n) is 6.34. The Morgan fingerprint density at radius 3 is 2.60 bits per heavy atom. The van der Waals surface area contributed by atoms with E-state index in [0.717, 1.165) is 21.9 Å². The Labute approximate surface area is 117 Å². The molecule has 0 bridgehead atoms. The van der Waals surface area contributed by atoms with E-state index in [-0.39, 0.29) is 0 Å². The van der Waals surface area contributed by atoms with Crippen LogP contribution < -0.4 is 5.73 Å². The third-order valence-corrected chi connectivity index (χ3v) is 3.39. The Morgan fingerprint density at radius 1 is 1.05 bits per heavy atom. The molecule has 0 saturated heterocycles. The molecule has 3 nitrogen and oxygen atoms in total. The molecule has 1 heterocycles. The molecular formula is C17H13N3. The maximum absolute atomic E-state index is 9.12. The number of hydrogen-bond donors (Lipinski definition) is 1. The molecule has 3 rings (SSSR count). The van der Waals surface area contributed by atoms with Crippen molar-refractivity contribution in [3.63, 3.8) is 0 Å². The summed E-state index contributed by atoms with van der Waals surface area (Å²) in [6, 6.07) is 16.4. The summed E-state index contributed by atoms with van der Waals surface area (Å²) in [4.78, 5) is 4.09. The van der Waals surface area contributed by atoms with Gasteiger partial charge in [0.1, 0.15) is 11.9 Å². The Morgan fingerprint density at radius 2 is 1.85 bits per heavy atom. The molecule has 3 aromatic rings. The van der Waals surface area contributed by atoms with Crippen molar-refractivity contribution in [2.75, 3.05) is 5.73 Å². The topological polar surface area (TPSA) is 62.7 Å². The zero-order valence-corrected chi connectivity index (χ0v) is 11.1. The Kier molecular flexibility index (Phi) is 2.85. The number of hydrogen-bond acceptors (Lipinski definition) is 3. The minimum absolute atomic E-state index is 0.452. The van der Waals surface area contributed by atoms with Crippen molar-refractivity contribution in [2.45, 2.75) is 6.92 Å². The lowest BCUT2D eigenvalue weighted by atomic mass is 9.99. The standard InChI is InChI=1S/C17H13N3/c1-11-3-2-4-12(7-11)13-5-6-15-14(9-18)10-20-17(19)16(15)8-13/h2-8,10H,1H3,(H2,19,20). The maximum Gasteiger partial charge on any atom is 0.131 e. The van der Waals surface area contributed by atoms with Gasteiger partial charge in [0.15, 0.2) is 0 Å². The van der Waals surface area contributed by atoms with Gasteiger partial charge in [0.25, 0.3) is 0 Å². The average molecular weight is 259 g/mol. The molecule has 0 unspecified atom stereocenters. The monoisotopic (exact) mass is 259 g/mol. The van der Waals surface area contributed by atoms with E-state index in [2.05, 4.69) is 36.2 Å². The summed E-state index contributed by atoms with van der Waals surface area (Å²) in [6.45, 7) is 2.06. The van der Waals surface area contributed by atoms with Gasteiger partial charge in [-0.1, -0.05) is 42.0 Å². The molecule has 0 aliphatic carbocycles. The van der Waals surface area contributed by atoms with Crippen LogP contribution in [0.3, 0.4) is 0 Å². The normalized spacial score (nSPS) is 10.4. The minimum Gasteiger partial charge on any atom is -0.383 e. The van der Waals surface area contributed by atoms with Gasteiger partial charge in [-0.2, -0.15) is 5.26 Å². The zero-order chi connectivity index (χ0) is 14.1. The van der Waals surface area contributed by atoms with Crippen molar-refractivity contribution in [3.05, 3.63) is 59.8 Å². The lowest BCUT2D eigenvalue weighted by molar-refractivity contribution is 1.34. The van der Waals surface area contributed by atoms with Crippen molar-refractivity contribution >= 4 is 16.6 Å². The number of nitrogens with zero attached hydrogens (tertiary/aromatic N) is 2. The number of aromatic nitrogens is 1. The van der Waals surface area contributed by atoms with E-state index in [4.69, 9.17) is 11.0 Å². The van der Waals surface area contributed by atoms with Gasteiger partial charge in [-0.05, 0) is 24.1 Å². The summed E-state index contributed by atoms with van der Waals surface area (Å²) < 4.78 is 0. The van der Waals surface area contributed by atoms with E-state index in [0.29, 0.717) is 11.4 Å². The van der Waals surface area contributed by atoms with Crippen molar-refractivity contribution in [3.8, 4) is 17.2 Å². The fourth-order valence-corrected chi connectivity index (χ4v) is 2.36. The van der Waals surface area contributed by atoms with Gasteiger partial charge in [-0.25, -0.2) is 4.98 Å². The van der Waals surface area contributed by atoms with Gasteiger partial charge in [-0.15, -0.1) is 0 Å². The van der Waals surface area contributed by atoms with Crippen LogP contribution in [0, 0.1) is 18.3 Å². The summed E-state index contributed by atoms with van der Waals surface area (Å²) in [5.74, 6) is 0.452. The highest BCUT2D eigenvalue weighted by molar-refractivity contribution is 5.97. The van der Waals surface area contributed by atoms with Crippen molar-refractivity contribution in [1.29, 1.82) is 5.26 Å². The van der Waals surface area contributed by atoms with E-state index < -0.39 is 0 Å². The number of rotatable bonds is 1. The van der Waals surface area contributed by atoms with Crippen LogP contribution in [-0.4, -0.2) is 4.98 Å². The molecule has 0 spiro atoms. The molecule has 0 aliphatic heterocycles. The summed E-state index contributed by atoms with van der Waals surface area (Å²) in [5.41, 5.74) is 9.90. The van der Waals surface area contributed by atoms with Crippen LogP contribution in [0.1, 0.15) is 11.1 Å². The second-order valence-corrected chi connectivity index (χ2v) is 4.80. The molecule has 0 saturated carbocycles. The summed E-state index contributed by atoms with van der Waals surface area (Å²) in [5, 5.41) is 10.8. The SMILES string of the molecule is Cc1cccc(-c2ccc3c(C#N)cnc(N)c3c2)c1. The number of anilines is 1. The van der Waals surface area contributed by atoms with E-state index in [1.165, 1.54) is 11.8 Å². The van der Waals surface area contributed by atoms with Crippen LogP contribution in [0.5, 0.6) is 0 Å². The lowest BCUT2D eigenvalue weighted by Crippen LogP contribution is -1.94. The van der Waals surface area contributed by atoms with Crippen LogP contribution >= 0.6 is 0 Å². The van der Waals surface area contributed by atoms with Crippen LogP contribution in [0.4, 0.5) is 5.82 Å². The second kappa shape index (κ2) is 4.67. The quantitative estimate of drug-likeness (QED) is 0.725. The number of nitrogens with two attached hydrogens (primary N) is 1. The van der Waals surface area contributed by atoms with Gasteiger partial charge in [0, 0.05) is 17.0 Å². The molecule has 96 valence electrons. The summed E-state index contributed by atoms with van der Waals surface area (Å²) in [6.07, 6.45) is 1.52. The predicted octanol–water partition coefficient (Wildman–Crippen LogP) is 3.66. The molecule has 2 N–H and O–H groups in total. The van der Waals surface area contributed by atoms with Gasteiger partial charge >= 0.3 is 0 Å². The zero-order valence-electron chi connectivity index (χ0n) is 11.1. The molecule has 1 aromatic heterocycles. The third-order valence-electron chi connectivity index (χ3n) is 3.39. The Balaban J connectivity index is 2.26. The highest BCUT2D eigenvalue weighted by atomic mass is 14.8. The Bertz CT molecular complexity index is 844.